The Morgan fingerprint density at radius 3 is 1.25 bits per heavy atom. The molecule has 4 heteroatoms. The Morgan fingerprint density at radius 2 is 1.25 bits per heavy atom. The molecule has 0 aliphatic carbocycles. The molecule has 0 aliphatic rings. The molecule has 0 fully saturated rings. The van der Waals surface area contributed by atoms with E-state index in [4.69, 9.17) is 0 Å². The number of hydrogen-bond acceptors (Lipinski definition) is 0. The Labute approximate surface area is 84.0 Å². The van der Waals surface area contributed by atoms with Crippen LogP contribution in [0.25, 0.3) is 0 Å². The van der Waals surface area contributed by atoms with Crippen molar-refractivity contribution in [3.05, 3.63) is 0 Å². The van der Waals surface area contributed by atoms with Gasteiger partial charge in [0.1, 0.15) is 0 Å². The van der Waals surface area contributed by atoms with Crippen LogP contribution < -0.4 is 0 Å². The molecule has 0 spiro atoms. The zero-order valence-corrected chi connectivity index (χ0v) is 7.58. The summed E-state index contributed by atoms with van der Waals surface area (Å²) in [7, 11) is 0. The maximum Gasteiger partial charge on any atom is 2.00 e. The fourth-order valence-corrected chi connectivity index (χ4v) is 0. The van der Waals surface area contributed by atoms with Crippen LogP contribution in [0.15, 0.2) is 0 Å². The Kier molecular flexibility index (Phi) is 131. The third-order valence-corrected chi connectivity index (χ3v) is 0. The second-order valence-electron chi connectivity index (χ2n) is 0. The molecule has 0 saturated carbocycles. The standard InChI is InChI=1S/Ag.Al.Mg.Zn.5H/q;;+2;;;;;2*-1. The van der Waals surface area contributed by atoms with Gasteiger partial charge in [-0.05, 0) is 0 Å². The van der Waals surface area contributed by atoms with Crippen molar-refractivity contribution in [2.45, 2.75) is 0 Å². The molecule has 0 amide bonds. The van der Waals surface area contributed by atoms with Gasteiger partial charge in [-0.2, -0.15) is 0 Å². The first-order valence-corrected chi connectivity index (χ1v) is 0. The Hall–Kier alpha value is 2.66. The van der Waals surface area contributed by atoms with Crippen LogP contribution >= 0.6 is 0 Å². The van der Waals surface area contributed by atoms with E-state index in [0.29, 0.717) is 0 Å². The van der Waals surface area contributed by atoms with Crippen molar-refractivity contribution < 1.29 is 44.7 Å². The van der Waals surface area contributed by atoms with E-state index >= 15 is 0 Å². The first kappa shape index (κ1) is 30.1. The molecule has 0 bridgehead atoms. The maximum absolute atomic E-state index is 0. The van der Waals surface area contributed by atoms with Crippen LogP contribution in [0.2, 0.25) is 0 Å². The molecule has 0 saturated heterocycles. The molecule has 0 aromatic heterocycles. The quantitative estimate of drug-likeness (QED) is 0.451. The van der Waals surface area contributed by atoms with E-state index < -0.39 is 0 Å². The Bertz CT molecular complexity index is 13.5. The van der Waals surface area contributed by atoms with E-state index in [-0.39, 0.29) is 85.1 Å². The SMILES string of the molecule is [Ag].[AlH3].[H-].[H-].[Mg+2].[Zn]. The molecule has 23 valence electrons. The predicted molar refractivity (Wildman–Crippen MR) is 17.9 cm³/mol. The molecule has 0 aliphatic heterocycles. The van der Waals surface area contributed by atoms with Crippen molar-refractivity contribution in [3.63, 3.8) is 0 Å². The summed E-state index contributed by atoms with van der Waals surface area (Å²) in [5.41, 5.74) is 0. The summed E-state index contributed by atoms with van der Waals surface area (Å²) in [6.45, 7) is 0. The van der Waals surface area contributed by atoms with Crippen LogP contribution in [-0.4, -0.2) is 40.4 Å². The van der Waals surface area contributed by atoms with Gasteiger partial charge >= 0.3 is 23.1 Å². The van der Waals surface area contributed by atoms with Gasteiger partial charge in [-0.15, -0.1) is 0 Å². The largest absolute Gasteiger partial charge is 2.00 e. The molecule has 4 heavy (non-hydrogen) atoms. The fraction of sp³-hybridized carbons (Fsp3) is 0. The topological polar surface area (TPSA) is 0 Å². The van der Waals surface area contributed by atoms with Crippen LogP contribution in [0.5, 0.6) is 0 Å². The zero-order chi connectivity index (χ0) is 0. The number of rotatable bonds is 0. The molecule has 0 aromatic carbocycles. The minimum atomic E-state index is 0. The molecule has 0 N–H and O–H groups in total. The van der Waals surface area contributed by atoms with Gasteiger partial charge in [0.2, 0.25) is 0 Å². The van der Waals surface area contributed by atoms with Crippen molar-refractivity contribution in [2.75, 3.05) is 0 Å². The van der Waals surface area contributed by atoms with Gasteiger partial charge in [-0.1, -0.05) is 0 Å². The van der Waals surface area contributed by atoms with Crippen molar-refractivity contribution in [1.82, 2.24) is 0 Å². The smallest absolute Gasteiger partial charge is 1.00 e. The molecular formula is H5AgAlMgZn. The van der Waals surface area contributed by atoms with Crippen LogP contribution in [0, 0.1) is 0 Å². The summed E-state index contributed by atoms with van der Waals surface area (Å²) in [5.74, 6) is 0. The van der Waals surface area contributed by atoms with Crippen molar-refractivity contribution >= 4 is 40.4 Å². The predicted octanol–water partition coefficient (Wildman–Crippen LogP) is -1.34. The van der Waals surface area contributed by atoms with Crippen molar-refractivity contribution in [2.24, 2.45) is 0 Å². The van der Waals surface area contributed by atoms with Crippen LogP contribution in [0.1, 0.15) is 2.85 Å². The van der Waals surface area contributed by atoms with Crippen molar-refractivity contribution in [1.29, 1.82) is 0 Å². The van der Waals surface area contributed by atoms with E-state index in [2.05, 4.69) is 0 Å². The molecule has 0 nitrogen and oxygen atoms in total. The normalized spacial score (nSPS) is 0. The number of hydrogen-bond donors (Lipinski definition) is 0. The summed E-state index contributed by atoms with van der Waals surface area (Å²) in [4.78, 5) is 0. The Morgan fingerprint density at radius 1 is 1.25 bits per heavy atom. The molecule has 0 unspecified atom stereocenters. The Balaban J connectivity index is 0. The van der Waals surface area contributed by atoms with Gasteiger partial charge in [-0.3, -0.25) is 0 Å². The second-order valence-corrected chi connectivity index (χ2v) is 0. The molecule has 0 heterocycles. The van der Waals surface area contributed by atoms with Gasteiger partial charge < -0.3 is 2.85 Å². The second kappa shape index (κ2) is 17.4. The van der Waals surface area contributed by atoms with E-state index in [9.17, 15) is 0 Å². The molecule has 1 radical (unpaired) electrons. The average Bonchev–Trinajstić information content (AvgIpc) is 0. The molecular weight excluding hydrogens is 225 g/mol. The molecule has 0 atom stereocenters. The minimum absolute atomic E-state index is 0. The summed E-state index contributed by atoms with van der Waals surface area (Å²) >= 11 is 0. The molecule has 0 aromatic rings. The van der Waals surface area contributed by atoms with E-state index in [1.807, 2.05) is 0 Å². The molecule has 0 rings (SSSR count). The van der Waals surface area contributed by atoms with Gasteiger partial charge in [0, 0.05) is 41.9 Å². The van der Waals surface area contributed by atoms with Gasteiger partial charge in [0.25, 0.3) is 0 Å². The van der Waals surface area contributed by atoms with Crippen LogP contribution in [0.3, 0.4) is 0 Å². The van der Waals surface area contributed by atoms with Gasteiger partial charge in [0.15, 0.2) is 17.4 Å². The summed E-state index contributed by atoms with van der Waals surface area (Å²) < 4.78 is 0. The summed E-state index contributed by atoms with van der Waals surface area (Å²) in [5, 5.41) is 0. The van der Waals surface area contributed by atoms with Crippen LogP contribution in [0.4, 0.5) is 0 Å². The third kappa shape index (κ3) is 8.82. The van der Waals surface area contributed by atoms with Gasteiger partial charge in [0.05, 0.1) is 0 Å². The first-order chi connectivity index (χ1) is 0. The average molecular weight is 230 g/mol. The van der Waals surface area contributed by atoms with E-state index in [0.717, 1.165) is 0 Å². The summed E-state index contributed by atoms with van der Waals surface area (Å²) in [6.07, 6.45) is 0. The van der Waals surface area contributed by atoms with E-state index in [1.165, 1.54) is 0 Å². The summed E-state index contributed by atoms with van der Waals surface area (Å²) in [6, 6.07) is 0. The van der Waals surface area contributed by atoms with Gasteiger partial charge in [-0.25, -0.2) is 0 Å². The first-order valence-electron chi connectivity index (χ1n) is 0. The monoisotopic (exact) mass is 227 g/mol. The third-order valence-electron chi connectivity index (χ3n) is 0. The van der Waals surface area contributed by atoms with Crippen molar-refractivity contribution in [3.8, 4) is 0 Å². The zero-order valence-electron chi connectivity index (χ0n) is 3.72. The maximum atomic E-state index is 0. The van der Waals surface area contributed by atoms with Crippen LogP contribution in [-0.2, 0) is 41.9 Å². The fourth-order valence-electron chi connectivity index (χ4n) is 0. The van der Waals surface area contributed by atoms with E-state index in [1.54, 1.807) is 0 Å². The minimum Gasteiger partial charge on any atom is -1.00 e.